The van der Waals surface area contributed by atoms with Gasteiger partial charge in [-0.3, -0.25) is 0 Å². The predicted octanol–water partition coefficient (Wildman–Crippen LogP) is 4.85. The van der Waals surface area contributed by atoms with Crippen LogP contribution in [0.25, 0.3) is 10.9 Å². The first-order valence-electron chi connectivity index (χ1n) is 7.06. The van der Waals surface area contributed by atoms with E-state index >= 15 is 0 Å². The summed E-state index contributed by atoms with van der Waals surface area (Å²) >= 11 is 5.44. The Morgan fingerprint density at radius 3 is 2.71 bits per heavy atom. The third-order valence-electron chi connectivity index (χ3n) is 4.08. The van der Waals surface area contributed by atoms with Crippen LogP contribution >= 0.6 is 27.3 Å². The average molecular weight is 363 g/mol. The molecule has 1 N–H and O–H groups in total. The van der Waals surface area contributed by atoms with Gasteiger partial charge in [0, 0.05) is 32.5 Å². The zero-order valence-electron chi connectivity index (χ0n) is 12.5. The van der Waals surface area contributed by atoms with Crippen molar-refractivity contribution in [1.29, 1.82) is 0 Å². The zero-order chi connectivity index (χ0) is 15.0. The van der Waals surface area contributed by atoms with E-state index in [-0.39, 0.29) is 0 Å². The van der Waals surface area contributed by atoms with Gasteiger partial charge in [0.05, 0.1) is 6.54 Å². The third kappa shape index (κ3) is 2.68. The number of nitrogens with zero attached hydrogens (tertiary/aromatic N) is 1. The third-order valence-corrected chi connectivity index (χ3v) is 5.99. The summed E-state index contributed by atoms with van der Waals surface area (Å²) in [6, 6.07) is 8.91. The number of fused-ring (bicyclic) bond motifs is 1. The second kappa shape index (κ2) is 5.95. The van der Waals surface area contributed by atoms with E-state index in [1.54, 1.807) is 11.3 Å². The lowest BCUT2D eigenvalue weighted by atomic mass is 10.1. The maximum Gasteiger partial charge on any atom is 0.0583 e. The fourth-order valence-electron chi connectivity index (χ4n) is 2.80. The van der Waals surface area contributed by atoms with Crippen LogP contribution in [0.2, 0.25) is 0 Å². The number of rotatable bonds is 4. The topological polar surface area (TPSA) is 17.0 Å². The van der Waals surface area contributed by atoms with E-state index in [1.807, 2.05) is 7.05 Å². The highest BCUT2D eigenvalue weighted by atomic mass is 79.9. The van der Waals surface area contributed by atoms with Gasteiger partial charge in [-0.05, 0) is 71.5 Å². The molecule has 0 saturated carbocycles. The first-order valence-corrected chi connectivity index (χ1v) is 8.74. The molecule has 3 aromatic rings. The Bertz CT molecular complexity index is 786. The summed E-state index contributed by atoms with van der Waals surface area (Å²) in [5, 5.41) is 6.73. The molecule has 3 rings (SSSR count). The van der Waals surface area contributed by atoms with E-state index in [0.717, 1.165) is 13.1 Å². The molecule has 21 heavy (non-hydrogen) atoms. The van der Waals surface area contributed by atoms with Crippen molar-refractivity contribution in [2.75, 3.05) is 7.05 Å². The van der Waals surface area contributed by atoms with Crippen molar-refractivity contribution in [3.05, 3.63) is 55.8 Å². The van der Waals surface area contributed by atoms with Crippen LogP contribution in [0.4, 0.5) is 0 Å². The van der Waals surface area contributed by atoms with Gasteiger partial charge < -0.3 is 9.88 Å². The standard InChI is InChI=1S/C17H19BrN2S/c1-11-12(2)20(10-17-15(18)6-7-21-17)16-5-4-13(9-19-3)8-14(11)16/h4-8,19H,9-10H2,1-3H3. The molecule has 0 aliphatic heterocycles. The highest BCUT2D eigenvalue weighted by Gasteiger charge is 2.13. The van der Waals surface area contributed by atoms with Gasteiger partial charge in [-0.15, -0.1) is 11.3 Å². The maximum atomic E-state index is 3.64. The number of aryl methyl sites for hydroxylation is 1. The molecule has 0 fully saturated rings. The Hall–Kier alpha value is -1.10. The Morgan fingerprint density at radius 1 is 1.24 bits per heavy atom. The first kappa shape index (κ1) is 14.8. The van der Waals surface area contributed by atoms with Gasteiger partial charge in [-0.25, -0.2) is 0 Å². The van der Waals surface area contributed by atoms with Gasteiger partial charge in [-0.2, -0.15) is 0 Å². The van der Waals surface area contributed by atoms with Gasteiger partial charge in [0.1, 0.15) is 0 Å². The van der Waals surface area contributed by atoms with Crippen molar-refractivity contribution in [3.63, 3.8) is 0 Å². The van der Waals surface area contributed by atoms with Crippen LogP contribution in [0.15, 0.2) is 34.1 Å². The van der Waals surface area contributed by atoms with Crippen molar-refractivity contribution in [2.45, 2.75) is 26.9 Å². The molecule has 0 spiro atoms. The highest BCUT2D eigenvalue weighted by molar-refractivity contribution is 9.10. The molecular weight excluding hydrogens is 344 g/mol. The lowest BCUT2D eigenvalue weighted by Crippen LogP contribution is -2.05. The molecule has 0 aliphatic carbocycles. The van der Waals surface area contributed by atoms with E-state index in [2.05, 4.69) is 69.3 Å². The lowest BCUT2D eigenvalue weighted by Gasteiger charge is -2.08. The van der Waals surface area contributed by atoms with Crippen LogP contribution in [0.3, 0.4) is 0 Å². The summed E-state index contributed by atoms with van der Waals surface area (Å²) in [6.45, 7) is 6.28. The molecule has 2 heterocycles. The monoisotopic (exact) mass is 362 g/mol. The van der Waals surface area contributed by atoms with E-state index in [4.69, 9.17) is 0 Å². The van der Waals surface area contributed by atoms with Crippen LogP contribution < -0.4 is 5.32 Å². The quantitative estimate of drug-likeness (QED) is 0.701. The van der Waals surface area contributed by atoms with E-state index in [9.17, 15) is 0 Å². The minimum absolute atomic E-state index is 0.913. The van der Waals surface area contributed by atoms with Gasteiger partial charge in [0.25, 0.3) is 0 Å². The van der Waals surface area contributed by atoms with Crippen molar-refractivity contribution < 1.29 is 0 Å². The van der Waals surface area contributed by atoms with Gasteiger partial charge in [-0.1, -0.05) is 6.07 Å². The van der Waals surface area contributed by atoms with Crippen LogP contribution in [0.1, 0.15) is 21.7 Å². The zero-order valence-corrected chi connectivity index (χ0v) is 14.9. The average Bonchev–Trinajstić information content (AvgIpc) is 2.98. The molecule has 0 saturated heterocycles. The summed E-state index contributed by atoms with van der Waals surface area (Å²) < 4.78 is 3.63. The fourth-order valence-corrected chi connectivity index (χ4v) is 4.26. The molecular formula is C17H19BrN2S. The fraction of sp³-hybridized carbons (Fsp3) is 0.294. The molecule has 1 aromatic carbocycles. The Kier molecular flexibility index (Phi) is 4.20. The number of hydrogen-bond acceptors (Lipinski definition) is 2. The minimum Gasteiger partial charge on any atom is -0.339 e. The maximum absolute atomic E-state index is 3.64. The molecule has 0 aliphatic rings. The van der Waals surface area contributed by atoms with Crippen LogP contribution in [-0.2, 0) is 13.1 Å². The van der Waals surface area contributed by atoms with Crippen LogP contribution in [0.5, 0.6) is 0 Å². The number of aromatic nitrogens is 1. The van der Waals surface area contributed by atoms with Gasteiger partial charge in [0.15, 0.2) is 0 Å². The second-order valence-electron chi connectivity index (χ2n) is 5.37. The number of halogens is 1. The van der Waals surface area contributed by atoms with Crippen LogP contribution in [0, 0.1) is 13.8 Å². The van der Waals surface area contributed by atoms with Gasteiger partial charge >= 0.3 is 0 Å². The molecule has 0 unspecified atom stereocenters. The van der Waals surface area contributed by atoms with Gasteiger partial charge in [0.2, 0.25) is 0 Å². The SMILES string of the molecule is CNCc1ccc2c(c1)c(C)c(C)n2Cc1sccc1Br. The predicted molar refractivity (Wildman–Crippen MR) is 95.3 cm³/mol. The Labute approximate surface area is 137 Å². The van der Waals surface area contributed by atoms with E-state index in [0.29, 0.717) is 0 Å². The number of hydrogen-bond donors (Lipinski definition) is 1. The molecule has 0 atom stereocenters. The van der Waals surface area contributed by atoms with E-state index in [1.165, 1.54) is 37.1 Å². The molecule has 0 radical (unpaired) electrons. The molecule has 2 aromatic heterocycles. The van der Waals surface area contributed by atoms with E-state index < -0.39 is 0 Å². The minimum atomic E-state index is 0.913. The Balaban J connectivity index is 2.10. The molecule has 0 bridgehead atoms. The summed E-state index contributed by atoms with van der Waals surface area (Å²) in [5.74, 6) is 0. The van der Waals surface area contributed by atoms with Crippen molar-refractivity contribution in [3.8, 4) is 0 Å². The lowest BCUT2D eigenvalue weighted by molar-refractivity contribution is 0.808. The number of nitrogens with one attached hydrogen (secondary N) is 1. The molecule has 0 amide bonds. The highest BCUT2D eigenvalue weighted by Crippen LogP contribution is 2.30. The smallest absolute Gasteiger partial charge is 0.0583 e. The largest absolute Gasteiger partial charge is 0.339 e. The summed E-state index contributed by atoms with van der Waals surface area (Å²) in [6.07, 6.45) is 0. The normalized spacial score (nSPS) is 11.4. The second-order valence-corrected chi connectivity index (χ2v) is 7.23. The molecule has 110 valence electrons. The van der Waals surface area contributed by atoms with Crippen molar-refractivity contribution >= 4 is 38.2 Å². The summed E-state index contributed by atoms with van der Waals surface area (Å²) in [5.41, 5.74) is 5.40. The summed E-state index contributed by atoms with van der Waals surface area (Å²) in [4.78, 5) is 1.37. The molecule has 2 nitrogen and oxygen atoms in total. The van der Waals surface area contributed by atoms with Crippen molar-refractivity contribution in [2.24, 2.45) is 0 Å². The number of thiophene rings is 1. The molecule has 4 heteroatoms. The van der Waals surface area contributed by atoms with Crippen LogP contribution in [-0.4, -0.2) is 11.6 Å². The Morgan fingerprint density at radius 2 is 2.05 bits per heavy atom. The number of benzene rings is 1. The van der Waals surface area contributed by atoms with Crippen molar-refractivity contribution in [1.82, 2.24) is 9.88 Å². The first-order chi connectivity index (χ1) is 10.1. The summed E-state index contributed by atoms with van der Waals surface area (Å²) in [7, 11) is 1.99.